The topological polar surface area (TPSA) is 108 Å². The number of unbranched alkanes of at least 4 members (excludes halogenated alkanes) is 36. The molecule has 0 aliphatic rings. The Hall–Kier alpha value is -2.29. The maximum absolute atomic E-state index is 12.8. The van der Waals surface area contributed by atoms with Crippen molar-refractivity contribution in [2.24, 2.45) is 0 Å². The number of carbonyl (C=O) groups excluding carboxylic acids is 2. The molecule has 0 aliphatic heterocycles. The molecule has 9 nitrogen and oxygen atoms in total. The molecule has 0 bridgehead atoms. The van der Waals surface area contributed by atoms with Crippen LogP contribution < -0.4 is 0 Å². The van der Waals surface area contributed by atoms with E-state index >= 15 is 0 Å². The van der Waals surface area contributed by atoms with Gasteiger partial charge in [0.1, 0.15) is 19.8 Å². The lowest BCUT2D eigenvalue weighted by Crippen LogP contribution is -2.37. The van der Waals surface area contributed by atoms with Crippen LogP contribution in [0, 0.1) is 0 Å². The number of hydrogen-bond donors (Lipinski definition) is 1. The third-order valence-corrected chi connectivity index (χ3v) is 15.3. The molecule has 0 spiro atoms. The van der Waals surface area contributed by atoms with E-state index in [4.69, 9.17) is 18.5 Å². The molecule has 0 aromatic carbocycles. The Morgan fingerprint density at radius 1 is 0.416 bits per heavy atom. The molecular formula is C67H125NO8P+. The van der Waals surface area contributed by atoms with Gasteiger partial charge in [-0.2, -0.15) is 0 Å². The molecule has 0 saturated carbocycles. The number of nitrogens with zero attached hydrogens (tertiary/aromatic N) is 1. The number of esters is 2. The highest BCUT2D eigenvalue weighted by Gasteiger charge is 2.27. The molecule has 0 aromatic rings. The van der Waals surface area contributed by atoms with Crippen molar-refractivity contribution in [1.82, 2.24) is 0 Å². The van der Waals surface area contributed by atoms with Crippen LogP contribution in [0.3, 0.4) is 0 Å². The normalized spacial score (nSPS) is 13.6. The summed E-state index contributed by atoms with van der Waals surface area (Å²) in [5.41, 5.74) is 0. The molecule has 0 saturated heterocycles. The smallest absolute Gasteiger partial charge is 0.462 e. The van der Waals surface area contributed by atoms with Crippen LogP contribution in [-0.2, 0) is 32.7 Å². The summed E-state index contributed by atoms with van der Waals surface area (Å²) in [5.74, 6) is -0.782. The number of likely N-dealkylation sites (N-methyl/N-ethyl adjacent to an activating group) is 1. The SMILES string of the molecule is CC/C=C\C/C=C\C/C=C\C/C=C\C/C=C\CCCCCCCCCCCCCCCCCCCCCCCCCCCC(=O)OC(COC(=O)CCCCCCCCCCCCCC)COP(=O)(O)OCC[N+](C)(C)C. The van der Waals surface area contributed by atoms with Crippen LogP contribution in [-0.4, -0.2) is 74.9 Å². The Balaban J connectivity index is 3.84. The molecular weight excluding hydrogens is 978 g/mol. The van der Waals surface area contributed by atoms with E-state index in [9.17, 15) is 19.0 Å². The predicted octanol–water partition coefficient (Wildman–Crippen LogP) is 20.7. The summed E-state index contributed by atoms with van der Waals surface area (Å²) in [7, 11) is 1.49. The minimum absolute atomic E-state index is 0.0344. The number of allylic oxidation sites excluding steroid dienone is 10. The fraction of sp³-hybridized carbons (Fsp3) is 0.821. The van der Waals surface area contributed by atoms with Gasteiger partial charge in [0.25, 0.3) is 0 Å². The summed E-state index contributed by atoms with van der Waals surface area (Å²) in [6.45, 7) is 4.35. The highest BCUT2D eigenvalue weighted by atomic mass is 31.2. The van der Waals surface area contributed by atoms with Gasteiger partial charge in [0, 0.05) is 12.8 Å². The van der Waals surface area contributed by atoms with E-state index < -0.39 is 26.5 Å². The molecule has 2 unspecified atom stereocenters. The fourth-order valence-electron chi connectivity index (χ4n) is 9.34. The first kappa shape index (κ1) is 74.7. The van der Waals surface area contributed by atoms with E-state index in [2.05, 4.69) is 74.6 Å². The maximum Gasteiger partial charge on any atom is 0.472 e. The van der Waals surface area contributed by atoms with Crippen molar-refractivity contribution in [3.63, 3.8) is 0 Å². The van der Waals surface area contributed by atoms with Crippen molar-refractivity contribution in [2.45, 2.75) is 309 Å². The standard InChI is InChI=1S/C67H124NO8P/c1-6-8-10-12-14-16-18-20-21-22-23-24-25-26-27-28-29-30-31-32-33-34-35-36-37-38-39-40-41-42-43-44-45-46-47-48-50-52-54-56-58-60-67(70)76-65(64-75-77(71,72)74-62-61-68(3,4)5)63-73-66(69)59-57-55-53-51-49-19-17-15-13-11-9-7-2/h8,10,14,16,20-21,23-24,26-27,65H,6-7,9,11-13,15,17-19,22,25,28-64H2,1-5H3/p+1/b10-8-,16-14-,21-20-,24-23-,27-26-. The van der Waals surface area contributed by atoms with Gasteiger partial charge in [0.05, 0.1) is 27.7 Å². The Kier molecular flexibility index (Phi) is 56.6. The Morgan fingerprint density at radius 3 is 1.10 bits per heavy atom. The lowest BCUT2D eigenvalue weighted by atomic mass is 10.0. The average molecular weight is 1100 g/mol. The quantitative estimate of drug-likeness (QED) is 0.0211. The Morgan fingerprint density at radius 2 is 0.740 bits per heavy atom. The van der Waals surface area contributed by atoms with Gasteiger partial charge in [0.2, 0.25) is 0 Å². The molecule has 1 N–H and O–H groups in total. The second-order valence-corrected chi connectivity index (χ2v) is 24.6. The zero-order valence-electron chi connectivity index (χ0n) is 51.2. The molecule has 0 amide bonds. The minimum Gasteiger partial charge on any atom is -0.462 e. The summed E-state index contributed by atoms with van der Waals surface area (Å²) in [6, 6.07) is 0. The van der Waals surface area contributed by atoms with Crippen molar-refractivity contribution in [2.75, 3.05) is 47.5 Å². The Bertz CT molecular complexity index is 1480. The van der Waals surface area contributed by atoms with Crippen molar-refractivity contribution in [1.29, 1.82) is 0 Å². The molecule has 0 rings (SSSR count). The van der Waals surface area contributed by atoms with Crippen LogP contribution in [0.2, 0.25) is 0 Å². The highest BCUT2D eigenvalue weighted by molar-refractivity contribution is 7.47. The van der Waals surface area contributed by atoms with Gasteiger partial charge in [-0.1, -0.05) is 293 Å². The van der Waals surface area contributed by atoms with Gasteiger partial charge < -0.3 is 18.9 Å². The predicted molar refractivity (Wildman–Crippen MR) is 330 cm³/mol. The average Bonchev–Trinajstić information content (AvgIpc) is 3.39. The first-order chi connectivity index (χ1) is 37.5. The minimum atomic E-state index is -4.38. The van der Waals surface area contributed by atoms with Crippen LogP contribution in [0.4, 0.5) is 0 Å². The summed E-state index contributed by atoms with van der Waals surface area (Å²) in [4.78, 5) is 35.6. The summed E-state index contributed by atoms with van der Waals surface area (Å²) in [6.07, 6.45) is 76.2. The molecule has 0 fully saturated rings. The molecule has 10 heteroatoms. The van der Waals surface area contributed by atoms with E-state index in [1.807, 2.05) is 21.1 Å². The first-order valence-electron chi connectivity index (χ1n) is 32.5. The molecule has 77 heavy (non-hydrogen) atoms. The van der Waals surface area contributed by atoms with E-state index in [-0.39, 0.29) is 25.6 Å². The lowest BCUT2D eigenvalue weighted by molar-refractivity contribution is -0.870. The lowest BCUT2D eigenvalue weighted by Gasteiger charge is -2.24. The number of hydrogen-bond acceptors (Lipinski definition) is 7. The van der Waals surface area contributed by atoms with E-state index in [1.54, 1.807) is 0 Å². The van der Waals surface area contributed by atoms with Crippen molar-refractivity contribution in [3.8, 4) is 0 Å². The van der Waals surface area contributed by atoms with Crippen LogP contribution in [0.15, 0.2) is 60.8 Å². The maximum atomic E-state index is 12.8. The van der Waals surface area contributed by atoms with Crippen molar-refractivity contribution in [3.05, 3.63) is 60.8 Å². The molecule has 2 atom stereocenters. The number of ether oxygens (including phenoxy) is 2. The number of phosphoric ester groups is 1. The third-order valence-electron chi connectivity index (χ3n) is 14.3. The third kappa shape index (κ3) is 62.8. The van der Waals surface area contributed by atoms with Crippen LogP contribution >= 0.6 is 7.82 Å². The highest BCUT2D eigenvalue weighted by Crippen LogP contribution is 2.43. The van der Waals surface area contributed by atoms with E-state index in [1.165, 1.54) is 205 Å². The summed E-state index contributed by atoms with van der Waals surface area (Å²) >= 11 is 0. The summed E-state index contributed by atoms with van der Waals surface area (Å²) in [5, 5.41) is 0. The van der Waals surface area contributed by atoms with Crippen molar-refractivity contribution >= 4 is 19.8 Å². The van der Waals surface area contributed by atoms with Crippen molar-refractivity contribution < 1.29 is 42.1 Å². The number of phosphoric acid groups is 1. The zero-order valence-corrected chi connectivity index (χ0v) is 52.1. The zero-order chi connectivity index (χ0) is 56.3. The van der Waals surface area contributed by atoms with E-state index in [0.717, 1.165) is 64.2 Å². The number of quaternary nitrogens is 1. The van der Waals surface area contributed by atoms with E-state index in [0.29, 0.717) is 23.9 Å². The number of carbonyl (C=O) groups is 2. The van der Waals surface area contributed by atoms with Gasteiger partial charge in [-0.3, -0.25) is 18.6 Å². The summed E-state index contributed by atoms with van der Waals surface area (Å²) < 4.78 is 34.5. The second-order valence-electron chi connectivity index (χ2n) is 23.1. The molecule has 0 aliphatic carbocycles. The molecule has 0 heterocycles. The largest absolute Gasteiger partial charge is 0.472 e. The first-order valence-corrected chi connectivity index (χ1v) is 34.0. The molecule has 0 aromatic heterocycles. The van der Waals surface area contributed by atoms with Crippen LogP contribution in [0.1, 0.15) is 303 Å². The fourth-order valence-corrected chi connectivity index (χ4v) is 10.1. The Labute approximate surface area is 476 Å². The van der Waals surface area contributed by atoms with Crippen LogP contribution in [0.25, 0.3) is 0 Å². The molecule has 450 valence electrons. The van der Waals surface area contributed by atoms with Gasteiger partial charge in [0.15, 0.2) is 6.10 Å². The molecule has 0 radical (unpaired) electrons. The van der Waals surface area contributed by atoms with Gasteiger partial charge in [-0.15, -0.1) is 0 Å². The van der Waals surface area contributed by atoms with Gasteiger partial charge in [-0.25, -0.2) is 4.57 Å². The monoisotopic (exact) mass is 1100 g/mol. The van der Waals surface area contributed by atoms with Gasteiger partial charge >= 0.3 is 19.8 Å². The second kappa shape index (κ2) is 58.4. The van der Waals surface area contributed by atoms with Gasteiger partial charge in [-0.05, 0) is 57.8 Å². The van der Waals surface area contributed by atoms with Crippen LogP contribution in [0.5, 0.6) is 0 Å². The number of rotatable bonds is 60.